The van der Waals surface area contributed by atoms with E-state index in [1.807, 2.05) is 6.07 Å². The van der Waals surface area contributed by atoms with Gasteiger partial charge in [0.05, 0.1) is 0 Å². The molecule has 0 aromatic carbocycles. The van der Waals surface area contributed by atoms with E-state index < -0.39 is 0 Å². The molecule has 1 saturated heterocycles. The van der Waals surface area contributed by atoms with E-state index >= 15 is 0 Å². The predicted octanol–water partition coefficient (Wildman–Crippen LogP) is 0.725. The van der Waals surface area contributed by atoms with Gasteiger partial charge in [-0.3, -0.25) is 0 Å². The molecule has 114 valence electrons. The third-order valence-corrected chi connectivity index (χ3v) is 3.77. The molecule has 1 aliphatic heterocycles. The highest BCUT2D eigenvalue weighted by Gasteiger charge is 2.27. The Kier molecular flexibility index (Phi) is 3.98. The zero-order chi connectivity index (χ0) is 16.2. The number of nitrogens with zero attached hydrogens (tertiary/aromatic N) is 8. The lowest BCUT2D eigenvalue weighted by atomic mass is 10.2. The average Bonchev–Trinajstić information content (AvgIpc) is 2.61. The van der Waals surface area contributed by atoms with Gasteiger partial charge < -0.3 is 9.80 Å². The van der Waals surface area contributed by atoms with Crippen LogP contribution in [0.2, 0.25) is 0 Å². The summed E-state index contributed by atoms with van der Waals surface area (Å²) in [6.45, 7) is 4.21. The average molecular weight is 306 g/mol. The molecule has 1 unspecified atom stereocenters. The van der Waals surface area contributed by atoms with Crippen molar-refractivity contribution in [3.8, 4) is 12.1 Å². The van der Waals surface area contributed by atoms with Gasteiger partial charge in [0, 0.05) is 38.1 Å². The first kappa shape index (κ1) is 14.7. The summed E-state index contributed by atoms with van der Waals surface area (Å²) in [5.41, 5.74) is 0.643. The van der Waals surface area contributed by atoms with Gasteiger partial charge in [0.2, 0.25) is 0 Å². The molecule has 1 atom stereocenters. The van der Waals surface area contributed by atoms with Crippen molar-refractivity contribution in [3.63, 3.8) is 0 Å². The van der Waals surface area contributed by atoms with Crippen molar-refractivity contribution in [2.24, 2.45) is 0 Å². The molecule has 8 heteroatoms. The van der Waals surface area contributed by atoms with E-state index in [0.717, 1.165) is 12.4 Å². The van der Waals surface area contributed by atoms with Crippen LogP contribution >= 0.6 is 0 Å². The van der Waals surface area contributed by atoms with Gasteiger partial charge in [-0.05, 0) is 19.1 Å². The third kappa shape index (κ3) is 2.87. The molecule has 0 bridgehead atoms. The van der Waals surface area contributed by atoms with Crippen molar-refractivity contribution in [3.05, 3.63) is 35.9 Å². The summed E-state index contributed by atoms with van der Waals surface area (Å²) < 4.78 is 0. The standard InChI is InChI=1S/C15H14N8/c1-11-10-22(15-13(9-17)18-4-5-19-15)6-7-23(11)14-3-2-12(8-16)20-21-14/h2-5,11H,6-7,10H2,1H3. The summed E-state index contributed by atoms with van der Waals surface area (Å²) in [5, 5.41) is 25.9. The molecule has 23 heavy (non-hydrogen) atoms. The molecule has 0 saturated carbocycles. The lowest BCUT2D eigenvalue weighted by Gasteiger charge is -2.40. The van der Waals surface area contributed by atoms with Crippen LogP contribution in [0.3, 0.4) is 0 Å². The predicted molar refractivity (Wildman–Crippen MR) is 82.5 cm³/mol. The molecular weight excluding hydrogens is 292 g/mol. The monoisotopic (exact) mass is 306 g/mol. The van der Waals surface area contributed by atoms with Crippen LogP contribution in [0.25, 0.3) is 0 Å². The summed E-state index contributed by atoms with van der Waals surface area (Å²) in [6.07, 6.45) is 3.12. The van der Waals surface area contributed by atoms with Gasteiger partial charge in [0.15, 0.2) is 23.0 Å². The Balaban J connectivity index is 1.77. The minimum atomic E-state index is 0.166. The maximum atomic E-state index is 9.16. The molecule has 1 fully saturated rings. The first-order valence-electron chi connectivity index (χ1n) is 7.19. The lowest BCUT2D eigenvalue weighted by molar-refractivity contribution is 0.539. The molecule has 2 aromatic heterocycles. The maximum absolute atomic E-state index is 9.16. The van der Waals surface area contributed by atoms with E-state index in [1.54, 1.807) is 18.3 Å². The molecule has 0 amide bonds. The number of hydrogen-bond acceptors (Lipinski definition) is 8. The van der Waals surface area contributed by atoms with E-state index in [4.69, 9.17) is 10.5 Å². The third-order valence-electron chi connectivity index (χ3n) is 3.77. The lowest BCUT2D eigenvalue weighted by Crippen LogP contribution is -2.53. The second kappa shape index (κ2) is 6.24. The van der Waals surface area contributed by atoms with Crippen molar-refractivity contribution < 1.29 is 0 Å². The molecule has 2 aromatic rings. The van der Waals surface area contributed by atoms with E-state index in [9.17, 15) is 0 Å². The van der Waals surface area contributed by atoms with E-state index in [-0.39, 0.29) is 6.04 Å². The second-order valence-electron chi connectivity index (χ2n) is 5.22. The summed E-state index contributed by atoms with van der Waals surface area (Å²) in [7, 11) is 0. The van der Waals surface area contributed by atoms with E-state index in [2.05, 4.69) is 43.0 Å². The van der Waals surface area contributed by atoms with E-state index in [0.29, 0.717) is 30.3 Å². The van der Waals surface area contributed by atoms with Crippen LogP contribution in [0.5, 0.6) is 0 Å². The van der Waals surface area contributed by atoms with Gasteiger partial charge >= 0.3 is 0 Å². The quantitative estimate of drug-likeness (QED) is 0.799. The zero-order valence-corrected chi connectivity index (χ0v) is 12.6. The molecule has 3 heterocycles. The molecule has 0 N–H and O–H groups in total. The van der Waals surface area contributed by atoms with Crippen molar-refractivity contribution >= 4 is 11.6 Å². The fourth-order valence-corrected chi connectivity index (χ4v) is 2.67. The number of anilines is 2. The number of hydrogen-bond donors (Lipinski definition) is 0. The van der Waals surface area contributed by atoms with Crippen molar-refractivity contribution in [2.75, 3.05) is 29.4 Å². The van der Waals surface area contributed by atoms with Crippen molar-refractivity contribution in [1.82, 2.24) is 20.2 Å². The maximum Gasteiger partial charge on any atom is 0.183 e. The Morgan fingerprint density at radius 3 is 2.57 bits per heavy atom. The molecule has 0 aliphatic carbocycles. The highest BCUT2D eigenvalue weighted by Crippen LogP contribution is 2.22. The number of nitriles is 2. The van der Waals surface area contributed by atoms with Gasteiger partial charge in [0.1, 0.15) is 12.1 Å². The Morgan fingerprint density at radius 1 is 1.09 bits per heavy atom. The summed E-state index contributed by atoms with van der Waals surface area (Å²) in [4.78, 5) is 12.5. The molecule has 0 radical (unpaired) electrons. The van der Waals surface area contributed by atoms with Gasteiger partial charge in [-0.25, -0.2) is 9.97 Å². The first-order chi connectivity index (χ1) is 11.2. The fourth-order valence-electron chi connectivity index (χ4n) is 2.67. The number of piperazine rings is 1. The van der Waals surface area contributed by atoms with Gasteiger partial charge in [-0.1, -0.05) is 0 Å². The van der Waals surface area contributed by atoms with Crippen LogP contribution in [0.4, 0.5) is 11.6 Å². The second-order valence-corrected chi connectivity index (χ2v) is 5.22. The molecule has 0 spiro atoms. The zero-order valence-electron chi connectivity index (χ0n) is 12.6. The van der Waals surface area contributed by atoms with Gasteiger partial charge in [-0.2, -0.15) is 10.5 Å². The Labute approximate surface area is 133 Å². The van der Waals surface area contributed by atoms with Gasteiger partial charge in [0.25, 0.3) is 0 Å². The smallest absolute Gasteiger partial charge is 0.183 e. The largest absolute Gasteiger partial charge is 0.350 e. The SMILES string of the molecule is CC1CN(c2nccnc2C#N)CCN1c1ccc(C#N)nn1. The molecular formula is C15H14N8. The minimum Gasteiger partial charge on any atom is -0.350 e. The van der Waals surface area contributed by atoms with Crippen LogP contribution in [-0.4, -0.2) is 45.8 Å². The highest BCUT2D eigenvalue weighted by atomic mass is 15.3. The Bertz CT molecular complexity index is 773. The van der Waals surface area contributed by atoms with E-state index in [1.165, 1.54) is 6.20 Å². The number of aromatic nitrogens is 4. The van der Waals surface area contributed by atoms with Crippen LogP contribution in [-0.2, 0) is 0 Å². The molecule has 1 aliphatic rings. The van der Waals surface area contributed by atoms with Crippen LogP contribution in [0.1, 0.15) is 18.3 Å². The van der Waals surface area contributed by atoms with Gasteiger partial charge in [-0.15, -0.1) is 10.2 Å². The Hall–Kier alpha value is -3.26. The topological polar surface area (TPSA) is 106 Å². The van der Waals surface area contributed by atoms with Crippen molar-refractivity contribution in [2.45, 2.75) is 13.0 Å². The van der Waals surface area contributed by atoms with Crippen LogP contribution in [0.15, 0.2) is 24.5 Å². The summed E-state index contributed by atoms with van der Waals surface area (Å²) in [5.74, 6) is 1.36. The highest BCUT2D eigenvalue weighted by molar-refractivity contribution is 5.52. The summed E-state index contributed by atoms with van der Waals surface area (Å²) in [6, 6.07) is 7.68. The molecule has 3 rings (SSSR count). The summed E-state index contributed by atoms with van der Waals surface area (Å²) >= 11 is 0. The van der Waals surface area contributed by atoms with Crippen LogP contribution < -0.4 is 9.80 Å². The normalized spacial score (nSPS) is 17.4. The first-order valence-corrected chi connectivity index (χ1v) is 7.19. The fraction of sp³-hybridized carbons (Fsp3) is 0.333. The van der Waals surface area contributed by atoms with Crippen LogP contribution in [0, 0.1) is 22.7 Å². The minimum absolute atomic E-state index is 0.166. The molecule has 8 nitrogen and oxygen atoms in total. The number of rotatable bonds is 2. The van der Waals surface area contributed by atoms with Crippen molar-refractivity contribution in [1.29, 1.82) is 10.5 Å². The Morgan fingerprint density at radius 2 is 1.91 bits per heavy atom.